The van der Waals surface area contributed by atoms with Gasteiger partial charge in [0.05, 0.1) is 29.3 Å². The van der Waals surface area contributed by atoms with Crippen LogP contribution >= 0.6 is 0 Å². The van der Waals surface area contributed by atoms with E-state index in [1.807, 2.05) is 35.2 Å². The number of anilines is 2. The second-order valence-electron chi connectivity index (χ2n) is 9.29. The highest BCUT2D eigenvalue weighted by Crippen LogP contribution is 2.32. The Labute approximate surface area is 204 Å². The highest BCUT2D eigenvalue weighted by molar-refractivity contribution is 7.91. The van der Waals surface area contributed by atoms with Crippen molar-refractivity contribution in [2.45, 2.75) is 19.3 Å². The minimum atomic E-state index is -3.08. The molecule has 0 saturated carbocycles. The largest absolute Gasteiger partial charge is 0.370 e. The van der Waals surface area contributed by atoms with Crippen LogP contribution < -0.4 is 10.2 Å². The lowest BCUT2D eigenvalue weighted by molar-refractivity contribution is -0.117. The van der Waals surface area contributed by atoms with E-state index in [1.54, 1.807) is 6.07 Å². The van der Waals surface area contributed by atoms with Crippen LogP contribution in [0.4, 0.5) is 15.8 Å². The van der Waals surface area contributed by atoms with E-state index < -0.39 is 9.84 Å². The normalized spacial score (nSPS) is 18.5. The van der Waals surface area contributed by atoms with Gasteiger partial charge < -0.3 is 10.2 Å². The maximum absolute atomic E-state index is 14.1. The molecule has 0 radical (unpaired) electrons. The number of nitrogens with zero attached hydrogens (tertiary/aromatic N) is 3. The van der Waals surface area contributed by atoms with E-state index in [4.69, 9.17) is 4.98 Å². The summed E-state index contributed by atoms with van der Waals surface area (Å²) in [5.74, 6) is -0.139. The molecular formula is C26H29FN4O3S. The zero-order chi connectivity index (χ0) is 24.4. The van der Waals surface area contributed by atoms with E-state index in [9.17, 15) is 17.6 Å². The average molecular weight is 497 g/mol. The molecule has 1 N–H and O–H groups in total. The Bertz CT molecular complexity index is 1340. The van der Waals surface area contributed by atoms with Crippen molar-refractivity contribution >= 4 is 38.0 Å². The summed E-state index contributed by atoms with van der Waals surface area (Å²) < 4.78 is 38.4. The van der Waals surface area contributed by atoms with E-state index in [2.05, 4.69) is 10.2 Å². The number of sulfone groups is 1. The van der Waals surface area contributed by atoms with E-state index in [1.165, 1.54) is 12.1 Å². The topological polar surface area (TPSA) is 82.6 Å². The van der Waals surface area contributed by atoms with Gasteiger partial charge in [-0.1, -0.05) is 12.1 Å². The lowest BCUT2D eigenvalue weighted by atomic mass is 10.1. The Balaban J connectivity index is 1.42. The monoisotopic (exact) mass is 496 g/mol. The molecule has 0 bridgehead atoms. The Morgan fingerprint density at radius 1 is 0.943 bits per heavy atom. The summed E-state index contributed by atoms with van der Waals surface area (Å²) in [4.78, 5) is 21.3. The standard InChI is InChI=1S/C26H29FN4O3S/c27-20-6-9-23-22(16-20)25(31-12-3-14-35(33,34)15-13-31)17-24(29-23)19-4-7-21(8-5-19)28-26(32)18-30-10-1-2-11-30/h4-9,16-17H,1-3,10-15,18H2,(H,28,32). The lowest BCUT2D eigenvalue weighted by Gasteiger charge is -2.24. The number of carbonyl (C=O) groups is 1. The van der Waals surface area contributed by atoms with E-state index in [-0.39, 0.29) is 23.2 Å². The zero-order valence-corrected chi connectivity index (χ0v) is 20.4. The summed E-state index contributed by atoms with van der Waals surface area (Å²) in [6.45, 7) is 3.28. The fraction of sp³-hybridized carbons (Fsp3) is 0.385. The Hall–Kier alpha value is -3.04. The first-order valence-corrected chi connectivity index (χ1v) is 13.9. The summed E-state index contributed by atoms with van der Waals surface area (Å²) in [6.07, 6.45) is 2.81. The molecule has 184 valence electrons. The third-order valence-corrected chi connectivity index (χ3v) is 8.39. The molecular weight excluding hydrogens is 467 g/mol. The van der Waals surface area contributed by atoms with Crippen LogP contribution in [-0.4, -0.2) is 68.4 Å². The predicted molar refractivity (Wildman–Crippen MR) is 137 cm³/mol. The molecule has 9 heteroatoms. The van der Waals surface area contributed by atoms with Gasteiger partial charge in [-0.3, -0.25) is 9.69 Å². The number of nitrogens with one attached hydrogen (secondary N) is 1. The number of hydrogen-bond acceptors (Lipinski definition) is 6. The molecule has 35 heavy (non-hydrogen) atoms. The van der Waals surface area contributed by atoms with Crippen LogP contribution in [0.25, 0.3) is 22.2 Å². The average Bonchev–Trinajstić information content (AvgIpc) is 3.27. The third kappa shape index (κ3) is 5.62. The van der Waals surface area contributed by atoms with Gasteiger partial charge in [0.15, 0.2) is 9.84 Å². The summed E-state index contributed by atoms with van der Waals surface area (Å²) in [5, 5.41) is 3.62. The quantitative estimate of drug-likeness (QED) is 0.580. The number of aromatic nitrogens is 1. The smallest absolute Gasteiger partial charge is 0.238 e. The molecule has 2 aliphatic rings. The van der Waals surface area contributed by atoms with Gasteiger partial charge in [0.2, 0.25) is 5.91 Å². The summed E-state index contributed by atoms with van der Waals surface area (Å²) in [7, 11) is -3.08. The van der Waals surface area contributed by atoms with Crippen LogP contribution in [0.3, 0.4) is 0 Å². The first-order valence-electron chi connectivity index (χ1n) is 12.0. The van der Waals surface area contributed by atoms with Crippen LogP contribution in [0.5, 0.6) is 0 Å². The fourth-order valence-electron chi connectivity index (χ4n) is 4.84. The molecule has 7 nitrogen and oxygen atoms in total. The zero-order valence-electron chi connectivity index (χ0n) is 19.5. The molecule has 2 saturated heterocycles. The molecule has 3 heterocycles. The number of carbonyl (C=O) groups excluding carboxylic acids is 1. The van der Waals surface area contributed by atoms with Crippen LogP contribution in [0.15, 0.2) is 48.5 Å². The molecule has 2 aliphatic heterocycles. The molecule has 0 unspecified atom stereocenters. The minimum absolute atomic E-state index is 0.0242. The van der Waals surface area contributed by atoms with Gasteiger partial charge in [-0.25, -0.2) is 17.8 Å². The fourth-order valence-corrected chi connectivity index (χ4v) is 6.11. The molecule has 1 aromatic heterocycles. The number of likely N-dealkylation sites (tertiary alicyclic amines) is 1. The second-order valence-corrected chi connectivity index (χ2v) is 11.6. The van der Waals surface area contributed by atoms with Crippen molar-refractivity contribution in [3.05, 3.63) is 54.3 Å². The van der Waals surface area contributed by atoms with E-state index >= 15 is 0 Å². The van der Waals surface area contributed by atoms with Gasteiger partial charge in [-0.15, -0.1) is 0 Å². The van der Waals surface area contributed by atoms with Crippen molar-refractivity contribution < 1.29 is 17.6 Å². The first-order chi connectivity index (χ1) is 16.9. The Morgan fingerprint density at radius 3 is 2.49 bits per heavy atom. The molecule has 2 fully saturated rings. The van der Waals surface area contributed by atoms with Gasteiger partial charge in [0, 0.05) is 35.4 Å². The lowest BCUT2D eigenvalue weighted by Crippen LogP contribution is -2.30. The maximum atomic E-state index is 14.1. The molecule has 2 aromatic carbocycles. The SMILES string of the molecule is O=C(CN1CCCC1)Nc1ccc(-c2cc(N3CCCS(=O)(=O)CC3)c3cc(F)ccc3n2)cc1. The summed E-state index contributed by atoms with van der Waals surface area (Å²) >= 11 is 0. The molecule has 3 aromatic rings. The van der Waals surface area contributed by atoms with E-state index in [0.717, 1.165) is 42.9 Å². The minimum Gasteiger partial charge on any atom is -0.370 e. The van der Waals surface area contributed by atoms with Crippen molar-refractivity contribution in [1.82, 2.24) is 9.88 Å². The number of pyridine rings is 1. The maximum Gasteiger partial charge on any atom is 0.238 e. The van der Waals surface area contributed by atoms with Gasteiger partial charge >= 0.3 is 0 Å². The van der Waals surface area contributed by atoms with Crippen LogP contribution in [0.2, 0.25) is 0 Å². The molecule has 1 amide bonds. The van der Waals surface area contributed by atoms with Crippen molar-refractivity contribution in [3.8, 4) is 11.3 Å². The molecule has 0 atom stereocenters. The molecule has 0 aliphatic carbocycles. The van der Waals surface area contributed by atoms with Crippen molar-refractivity contribution in [3.63, 3.8) is 0 Å². The van der Waals surface area contributed by atoms with Crippen molar-refractivity contribution in [1.29, 1.82) is 0 Å². The number of rotatable bonds is 5. The van der Waals surface area contributed by atoms with Crippen molar-refractivity contribution in [2.75, 3.05) is 54.4 Å². The highest BCUT2D eigenvalue weighted by Gasteiger charge is 2.22. The number of amides is 1. The van der Waals surface area contributed by atoms with Crippen LogP contribution in [0, 0.1) is 5.82 Å². The Kier molecular flexibility index (Phi) is 6.71. The number of fused-ring (bicyclic) bond motifs is 1. The van der Waals surface area contributed by atoms with E-state index in [0.29, 0.717) is 42.7 Å². The van der Waals surface area contributed by atoms with Gasteiger partial charge in [0.1, 0.15) is 5.82 Å². The van der Waals surface area contributed by atoms with Gasteiger partial charge in [0.25, 0.3) is 0 Å². The summed E-state index contributed by atoms with van der Waals surface area (Å²) in [5.41, 5.74) is 3.72. The van der Waals surface area contributed by atoms with Gasteiger partial charge in [-0.05, 0) is 68.8 Å². The molecule has 5 rings (SSSR count). The highest BCUT2D eigenvalue weighted by atomic mass is 32.2. The van der Waals surface area contributed by atoms with Crippen LogP contribution in [0.1, 0.15) is 19.3 Å². The number of benzene rings is 2. The predicted octanol–water partition coefficient (Wildman–Crippen LogP) is 3.70. The summed E-state index contributed by atoms with van der Waals surface area (Å²) in [6, 6.07) is 13.9. The molecule has 0 spiro atoms. The first kappa shape index (κ1) is 23.7. The Morgan fingerprint density at radius 2 is 1.71 bits per heavy atom. The third-order valence-electron chi connectivity index (χ3n) is 6.68. The van der Waals surface area contributed by atoms with Gasteiger partial charge in [-0.2, -0.15) is 0 Å². The second kappa shape index (κ2) is 9.91. The number of hydrogen-bond donors (Lipinski definition) is 1. The van der Waals surface area contributed by atoms with Crippen LogP contribution in [-0.2, 0) is 14.6 Å². The number of halogens is 1. The van der Waals surface area contributed by atoms with Crippen molar-refractivity contribution in [2.24, 2.45) is 0 Å².